The molecule has 1 heterocycles. The molecule has 0 radical (unpaired) electrons. The van der Waals surface area contributed by atoms with Crippen molar-refractivity contribution in [1.82, 2.24) is 4.90 Å². The zero-order chi connectivity index (χ0) is 11.5. The Bertz CT molecular complexity index is 363. The average molecular weight is 220 g/mol. The van der Waals surface area contributed by atoms with E-state index in [1.54, 1.807) is 0 Å². The lowest BCUT2D eigenvalue weighted by atomic mass is 9.98. The van der Waals surface area contributed by atoms with Crippen molar-refractivity contribution < 1.29 is 5.11 Å². The molecule has 1 atom stereocenters. The molecule has 2 rings (SSSR count). The van der Waals surface area contributed by atoms with Gasteiger partial charge in [-0.2, -0.15) is 0 Å². The number of rotatable bonds is 3. The largest absolute Gasteiger partial charge is 0.398 e. The molecule has 3 heteroatoms. The van der Waals surface area contributed by atoms with Crippen molar-refractivity contribution in [3.05, 3.63) is 29.3 Å². The molecule has 0 fully saturated rings. The van der Waals surface area contributed by atoms with E-state index in [-0.39, 0.29) is 6.10 Å². The summed E-state index contributed by atoms with van der Waals surface area (Å²) in [5, 5.41) is 9.28. The maximum absolute atomic E-state index is 9.28. The van der Waals surface area contributed by atoms with Crippen LogP contribution in [0.15, 0.2) is 18.2 Å². The molecular weight excluding hydrogens is 200 g/mol. The number of hydrogen-bond acceptors (Lipinski definition) is 3. The molecule has 0 saturated heterocycles. The van der Waals surface area contributed by atoms with Gasteiger partial charge in [-0.3, -0.25) is 4.90 Å². The van der Waals surface area contributed by atoms with Gasteiger partial charge in [0.15, 0.2) is 0 Å². The van der Waals surface area contributed by atoms with Crippen molar-refractivity contribution in [3.8, 4) is 0 Å². The van der Waals surface area contributed by atoms with E-state index in [9.17, 15) is 5.11 Å². The molecule has 16 heavy (non-hydrogen) atoms. The lowest BCUT2D eigenvalue weighted by molar-refractivity contribution is 0.151. The van der Waals surface area contributed by atoms with Gasteiger partial charge in [-0.05, 0) is 37.0 Å². The van der Waals surface area contributed by atoms with Gasteiger partial charge in [0.05, 0.1) is 6.10 Å². The molecule has 3 nitrogen and oxygen atoms in total. The summed E-state index contributed by atoms with van der Waals surface area (Å²) in [6.45, 7) is 4.82. The lowest BCUT2D eigenvalue weighted by Gasteiger charge is -2.29. The molecule has 0 amide bonds. The van der Waals surface area contributed by atoms with Crippen LogP contribution in [-0.2, 0) is 13.0 Å². The van der Waals surface area contributed by atoms with Gasteiger partial charge in [0.25, 0.3) is 0 Å². The fraction of sp³-hybridized carbons (Fsp3) is 0.538. The van der Waals surface area contributed by atoms with Crippen molar-refractivity contribution in [2.45, 2.75) is 32.4 Å². The van der Waals surface area contributed by atoms with Crippen molar-refractivity contribution in [2.75, 3.05) is 18.8 Å². The first-order valence-corrected chi connectivity index (χ1v) is 5.93. The minimum absolute atomic E-state index is 0.206. The van der Waals surface area contributed by atoms with Crippen molar-refractivity contribution in [2.24, 2.45) is 0 Å². The Labute approximate surface area is 96.9 Å². The molecule has 1 aromatic carbocycles. The van der Waals surface area contributed by atoms with Crippen LogP contribution < -0.4 is 5.73 Å². The summed E-state index contributed by atoms with van der Waals surface area (Å²) in [6, 6.07) is 6.15. The third kappa shape index (κ3) is 2.54. The molecule has 1 unspecified atom stereocenters. The van der Waals surface area contributed by atoms with E-state index >= 15 is 0 Å². The van der Waals surface area contributed by atoms with Gasteiger partial charge in [-0.15, -0.1) is 0 Å². The highest BCUT2D eigenvalue weighted by molar-refractivity contribution is 5.51. The molecule has 0 saturated carbocycles. The molecule has 0 aromatic heterocycles. The fourth-order valence-corrected chi connectivity index (χ4v) is 2.26. The second-order valence-corrected chi connectivity index (χ2v) is 4.65. The summed E-state index contributed by atoms with van der Waals surface area (Å²) >= 11 is 0. The minimum Gasteiger partial charge on any atom is -0.398 e. The first kappa shape index (κ1) is 11.4. The normalized spacial score (nSPS) is 18.1. The summed E-state index contributed by atoms with van der Waals surface area (Å²) in [7, 11) is 0. The molecule has 0 aliphatic carbocycles. The summed E-state index contributed by atoms with van der Waals surface area (Å²) in [4.78, 5) is 2.38. The van der Waals surface area contributed by atoms with Gasteiger partial charge in [0, 0.05) is 25.3 Å². The summed E-state index contributed by atoms with van der Waals surface area (Å²) in [5.41, 5.74) is 9.53. The van der Waals surface area contributed by atoms with E-state index in [1.807, 2.05) is 19.1 Å². The second-order valence-electron chi connectivity index (χ2n) is 4.65. The Kier molecular flexibility index (Phi) is 3.46. The zero-order valence-corrected chi connectivity index (χ0v) is 9.82. The Balaban J connectivity index is 2.01. The van der Waals surface area contributed by atoms with Crippen LogP contribution in [0.3, 0.4) is 0 Å². The number of nitrogens with two attached hydrogens (primary N) is 1. The highest BCUT2D eigenvalue weighted by Crippen LogP contribution is 2.24. The summed E-state index contributed by atoms with van der Waals surface area (Å²) in [6.07, 6.45) is 1.67. The van der Waals surface area contributed by atoms with Crippen LogP contribution in [0.4, 0.5) is 5.69 Å². The lowest BCUT2D eigenvalue weighted by Crippen LogP contribution is -2.32. The van der Waals surface area contributed by atoms with Crippen molar-refractivity contribution in [3.63, 3.8) is 0 Å². The van der Waals surface area contributed by atoms with Crippen molar-refractivity contribution >= 4 is 5.69 Å². The Morgan fingerprint density at radius 1 is 1.50 bits per heavy atom. The molecule has 0 bridgehead atoms. The van der Waals surface area contributed by atoms with E-state index in [0.29, 0.717) is 0 Å². The highest BCUT2D eigenvalue weighted by Gasteiger charge is 2.17. The number of nitrogens with zero attached hydrogens (tertiary/aromatic N) is 1. The predicted octanol–water partition coefficient (Wildman–Crippen LogP) is 1.40. The quantitative estimate of drug-likeness (QED) is 0.757. The Morgan fingerprint density at radius 2 is 2.31 bits per heavy atom. The predicted molar refractivity (Wildman–Crippen MR) is 66.1 cm³/mol. The zero-order valence-electron chi connectivity index (χ0n) is 9.82. The van der Waals surface area contributed by atoms with E-state index in [4.69, 9.17) is 5.73 Å². The number of hydrogen-bond donors (Lipinski definition) is 2. The van der Waals surface area contributed by atoms with Gasteiger partial charge < -0.3 is 10.8 Å². The number of nitrogen functional groups attached to an aromatic ring is 1. The third-order valence-corrected chi connectivity index (χ3v) is 3.24. The number of aliphatic hydroxyl groups is 1. The molecule has 1 aliphatic heterocycles. The van der Waals surface area contributed by atoms with Crippen LogP contribution in [0.2, 0.25) is 0 Å². The van der Waals surface area contributed by atoms with Crippen LogP contribution in [0.1, 0.15) is 24.5 Å². The first-order valence-electron chi connectivity index (χ1n) is 5.93. The standard InChI is InChI=1S/C13H20N2O/c1-10(16)5-7-15-8-6-12-11(9-15)3-2-4-13(12)14/h2-4,10,16H,5-9,14H2,1H3. The van der Waals surface area contributed by atoms with Crippen molar-refractivity contribution in [1.29, 1.82) is 0 Å². The molecule has 1 aliphatic rings. The number of aliphatic hydroxyl groups excluding tert-OH is 1. The maximum Gasteiger partial charge on any atom is 0.0524 e. The van der Waals surface area contributed by atoms with E-state index in [2.05, 4.69) is 11.0 Å². The number of benzene rings is 1. The van der Waals surface area contributed by atoms with Gasteiger partial charge in [-0.25, -0.2) is 0 Å². The number of anilines is 1. The van der Waals surface area contributed by atoms with Crippen LogP contribution >= 0.6 is 0 Å². The smallest absolute Gasteiger partial charge is 0.0524 e. The monoisotopic (exact) mass is 220 g/mol. The Hall–Kier alpha value is -1.06. The van der Waals surface area contributed by atoms with Gasteiger partial charge in [0.2, 0.25) is 0 Å². The van der Waals surface area contributed by atoms with Crippen LogP contribution in [0.25, 0.3) is 0 Å². The Morgan fingerprint density at radius 3 is 3.06 bits per heavy atom. The SMILES string of the molecule is CC(O)CCN1CCc2c(N)cccc2C1. The van der Waals surface area contributed by atoms with Gasteiger partial charge >= 0.3 is 0 Å². The molecule has 88 valence electrons. The van der Waals surface area contributed by atoms with Gasteiger partial charge in [0.1, 0.15) is 0 Å². The van der Waals surface area contributed by atoms with E-state index in [1.165, 1.54) is 11.1 Å². The van der Waals surface area contributed by atoms with Crippen LogP contribution in [0.5, 0.6) is 0 Å². The van der Waals surface area contributed by atoms with Crippen LogP contribution in [-0.4, -0.2) is 29.2 Å². The first-order chi connectivity index (χ1) is 7.66. The molecule has 3 N–H and O–H groups in total. The van der Waals surface area contributed by atoms with Gasteiger partial charge in [-0.1, -0.05) is 12.1 Å². The number of fused-ring (bicyclic) bond motifs is 1. The van der Waals surface area contributed by atoms with Crippen LogP contribution in [0, 0.1) is 0 Å². The highest BCUT2D eigenvalue weighted by atomic mass is 16.3. The minimum atomic E-state index is -0.206. The molecule has 0 spiro atoms. The van der Waals surface area contributed by atoms with E-state index in [0.717, 1.165) is 38.2 Å². The summed E-state index contributed by atoms with van der Waals surface area (Å²) in [5.74, 6) is 0. The third-order valence-electron chi connectivity index (χ3n) is 3.24. The summed E-state index contributed by atoms with van der Waals surface area (Å²) < 4.78 is 0. The maximum atomic E-state index is 9.28. The molecular formula is C13H20N2O. The topological polar surface area (TPSA) is 49.5 Å². The second kappa shape index (κ2) is 4.85. The molecule has 1 aromatic rings. The average Bonchev–Trinajstić information content (AvgIpc) is 2.26. The fourth-order valence-electron chi connectivity index (χ4n) is 2.26. The van der Waals surface area contributed by atoms with E-state index < -0.39 is 0 Å².